The normalized spacial score (nSPS) is 19.1. The maximum Gasteiger partial charge on any atom is 0.137 e. The second kappa shape index (κ2) is 8.35. The fraction of sp³-hybridized carbons (Fsp3) is 0.714. The van der Waals surface area contributed by atoms with Crippen LogP contribution in [-0.4, -0.2) is 37.5 Å². The first-order valence-electron chi connectivity index (χ1n) is 9.51. The number of aryl methyl sites for hydroxylation is 1. The van der Waals surface area contributed by atoms with Crippen LogP contribution < -0.4 is 9.64 Å². The molecular weight excluding hydrogens is 298 g/mol. The van der Waals surface area contributed by atoms with E-state index in [-0.39, 0.29) is 5.41 Å². The number of rotatable bonds is 6. The van der Waals surface area contributed by atoms with Crippen molar-refractivity contribution in [3.63, 3.8) is 0 Å². The monoisotopic (exact) mass is 334 g/mol. The molecule has 2 rings (SSSR count). The lowest BCUT2D eigenvalue weighted by Gasteiger charge is -2.30. The van der Waals surface area contributed by atoms with E-state index in [1.165, 1.54) is 48.1 Å². The topological polar surface area (TPSA) is 33.9 Å². The Hall–Kier alpha value is -1.06. The highest BCUT2D eigenvalue weighted by Gasteiger charge is 2.24. The van der Waals surface area contributed by atoms with Crippen LogP contribution in [0.25, 0.3) is 0 Å². The van der Waals surface area contributed by atoms with E-state index in [1.54, 1.807) is 0 Å². The van der Waals surface area contributed by atoms with Crippen LogP contribution in [0.15, 0.2) is 18.2 Å². The third-order valence-electron chi connectivity index (χ3n) is 5.23. The Morgan fingerprint density at radius 1 is 1.21 bits per heavy atom. The quantitative estimate of drug-likeness (QED) is 0.839. The van der Waals surface area contributed by atoms with Gasteiger partial charge in [0.25, 0.3) is 0 Å². The molecule has 136 valence electrons. The molecule has 1 unspecified atom stereocenters. The largest absolute Gasteiger partial charge is 0.490 e. The van der Waals surface area contributed by atoms with E-state index in [0.29, 0.717) is 12.6 Å². The van der Waals surface area contributed by atoms with Crippen molar-refractivity contribution < 1.29 is 14.7 Å². The van der Waals surface area contributed by atoms with Crippen molar-refractivity contribution in [2.24, 2.45) is 0 Å². The second-order valence-electron chi connectivity index (χ2n) is 8.60. The molecule has 0 aromatic heterocycles. The third-order valence-corrected chi connectivity index (χ3v) is 5.23. The van der Waals surface area contributed by atoms with Crippen LogP contribution in [0.5, 0.6) is 5.75 Å². The number of ether oxygens (including phenoxy) is 1. The van der Waals surface area contributed by atoms with E-state index in [4.69, 9.17) is 4.74 Å². The van der Waals surface area contributed by atoms with Crippen LogP contribution in [0.4, 0.5) is 0 Å². The summed E-state index contributed by atoms with van der Waals surface area (Å²) in [5.74, 6) is 0.905. The maximum absolute atomic E-state index is 10.4. The van der Waals surface area contributed by atoms with Gasteiger partial charge in [-0.25, -0.2) is 0 Å². The van der Waals surface area contributed by atoms with Gasteiger partial charge in [0.15, 0.2) is 0 Å². The molecule has 0 aliphatic heterocycles. The first-order chi connectivity index (χ1) is 11.3. The van der Waals surface area contributed by atoms with E-state index >= 15 is 0 Å². The average Bonchev–Trinajstić information content (AvgIpc) is 2.53. The molecule has 1 aromatic rings. The fourth-order valence-corrected chi connectivity index (χ4v) is 3.73. The molecule has 1 saturated carbocycles. The summed E-state index contributed by atoms with van der Waals surface area (Å²) in [6, 6.07) is 7.02. The zero-order valence-electron chi connectivity index (χ0n) is 16.2. The summed E-state index contributed by atoms with van der Waals surface area (Å²) < 4.78 is 6.01. The lowest BCUT2D eigenvalue weighted by Crippen LogP contribution is -3.14. The molecule has 0 spiro atoms. The number of likely N-dealkylation sites (N-methyl/N-ethyl adjacent to an activating group) is 1. The Morgan fingerprint density at radius 3 is 2.50 bits per heavy atom. The van der Waals surface area contributed by atoms with Gasteiger partial charge in [-0.2, -0.15) is 0 Å². The highest BCUT2D eigenvalue weighted by molar-refractivity contribution is 5.41. The minimum atomic E-state index is -0.416. The van der Waals surface area contributed by atoms with Gasteiger partial charge in [0.1, 0.15) is 25.0 Å². The van der Waals surface area contributed by atoms with Crippen LogP contribution in [-0.2, 0) is 5.41 Å². The van der Waals surface area contributed by atoms with E-state index < -0.39 is 6.10 Å². The van der Waals surface area contributed by atoms with Gasteiger partial charge >= 0.3 is 0 Å². The molecule has 0 radical (unpaired) electrons. The summed E-state index contributed by atoms with van der Waals surface area (Å²) in [5.41, 5.74) is 2.49. The highest BCUT2D eigenvalue weighted by atomic mass is 16.5. The maximum atomic E-state index is 10.4. The Kier molecular flexibility index (Phi) is 6.70. The van der Waals surface area contributed by atoms with Gasteiger partial charge in [-0.1, -0.05) is 44.9 Å². The number of quaternary nitrogens is 1. The number of benzene rings is 1. The molecule has 2 N–H and O–H groups in total. The molecule has 2 atom stereocenters. The molecular formula is C21H36NO2+. The van der Waals surface area contributed by atoms with Crippen LogP contribution >= 0.6 is 0 Å². The van der Waals surface area contributed by atoms with Crippen molar-refractivity contribution >= 4 is 0 Å². The molecule has 1 aromatic carbocycles. The zero-order valence-corrected chi connectivity index (χ0v) is 16.2. The van der Waals surface area contributed by atoms with Crippen molar-refractivity contribution in [2.75, 3.05) is 20.2 Å². The summed E-state index contributed by atoms with van der Waals surface area (Å²) >= 11 is 0. The number of hydrogen-bond donors (Lipinski definition) is 2. The molecule has 0 heterocycles. The first-order valence-corrected chi connectivity index (χ1v) is 9.51. The van der Waals surface area contributed by atoms with Crippen molar-refractivity contribution in [3.05, 3.63) is 29.3 Å². The number of aliphatic hydroxyl groups is 1. The standard InChI is InChI=1S/C21H35NO2/c1-16-11-12-20(19(13-16)21(2,3)4)24-15-18(23)14-22(5)17-9-7-6-8-10-17/h11-13,17-18,23H,6-10,14-15H2,1-5H3/p+1/t18-/m1/s1. The third kappa shape index (κ3) is 5.49. The van der Waals surface area contributed by atoms with Gasteiger partial charge in [0.05, 0.1) is 13.1 Å². The molecule has 1 fully saturated rings. The van der Waals surface area contributed by atoms with Crippen molar-refractivity contribution in [3.8, 4) is 5.75 Å². The lowest BCUT2D eigenvalue weighted by molar-refractivity contribution is -0.910. The van der Waals surface area contributed by atoms with E-state index in [2.05, 4.69) is 46.9 Å². The summed E-state index contributed by atoms with van der Waals surface area (Å²) in [6.45, 7) is 9.85. The number of aliphatic hydroxyl groups excluding tert-OH is 1. The van der Waals surface area contributed by atoms with E-state index in [9.17, 15) is 5.11 Å². The summed E-state index contributed by atoms with van der Waals surface area (Å²) in [6.07, 6.45) is 6.23. The van der Waals surface area contributed by atoms with Gasteiger partial charge in [-0.3, -0.25) is 0 Å². The zero-order chi connectivity index (χ0) is 17.7. The summed E-state index contributed by atoms with van der Waals surface area (Å²) in [5, 5.41) is 10.4. The van der Waals surface area contributed by atoms with Gasteiger partial charge in [0.2, 0.25) is 0 Å². The van der Waals surface area contributed by atoms with E-state index in [1.807, 2.05) is 6.07 Å². The van der Waals surface area contributed by atoms with Crippen molar-refractivity contribution in [2.45, 2.75) is 77.4 Å². The second-order valence-corrected chi connectivity index (χ2v) is 8.60. The van der Waals surface area contributed by atoms with Crippen LogP contribution in [0, 0.1) is 6.92 Å². The van der Waals surface area contributed by atoms with Gasteiger partial charge in [0, 0.05) is 0 Å². The Balaban J connectivity index is 1.90. The molecule has 0 amide bonds. The molecule has 1 aliphatic rings. The Labute approximate surface area is 148 Å². The summed E-state index contributed by atoms with van der Waals surface area (Å²) in [7, 11) is 2.21. The number of nitrogens with one attached hydrogen (secondary N) is 1. The highest BCUT2D eigenvalue weighted by Crippen LogP contribution is 2.32. The lowest BCUT2D eigenvalue weighted by atomic mass is 9.85. The first kappa shape index (κ1) is 19.3. The molecule has 24 heavy (non-hydrogen) atoms. The van der Waals surface area contributed by atoms with Gasteiger partial charge < -0.3 is 14.7 Å². The van der Waals surface area contributed by atoms with Crippen LogP contribution in [0.3, 0.4) is 0 Å². The fourth-order valence-electron chi connectivity index (χ4n) is 3.73. The molecule has 3 heteroatoms. The van der Waals surface area contributed by atoms with Crippen molar-refractivity contribution in [1.29, 1.82) is 0 Å². The van der Waals surface area contributed by atoms with Crippen molar-refractivity contribution in [1.82, 2.24) is 0 Å². The van der Waals surface area contributed by atoms with Crippen LogP contribution in [0.2, 0.25) is 0 Å². The van der Waals surface area contributed by atoms with Gasteiger partial charge in [-0.05, 0) is 49.7 Å². The SMILES string of the molecule is Cc1ccc(OC[C@H](O)C[NH+](C)C2CCCCC2)c(C(C)(C)C)c1. The minimum Gasteiger partial charge on any atom is -0.490 e. The molecule has 1 aliphatic carbocycles. The smallest absolute Gasteiger partial charge is 0.137 e. The Morgan fingerprint density at radius 2 is 1.88 bits per heavy atom. The predicted molar refractivity (Wildman–Crippen MR) is 100 cm³/mol. The summed E-state index contributed by atoms with van der Waals surface area (Å²) in [4.78, 5) is 1.45. The molecule has 0 saturated heterocycles. The predicted octanol–water partition coefficient (Wildman–Crippen LogP) is 2.88. The Bertz CT molecular complexity index is 515. The van der Waals surface area contributed by atoms with Crippen LogP contribution in [0.1, 0.15) is 64.0 Å². The number of hydrogen-bond acceptors (Lipinski definition) is 2. The molecule has 3 nitrogen and oxygen atoms in total. The minimum absolute atomic E-state index is 0.0381. The van der Waals surface area contributed by atoms with Gasteiger partial charge in [-0.15, -0.1) is 0 Å². The molecule has 0 bridgehead atoms. The average molecular weight is 335 g/mol. The van der Waals surface area contributed by atoms with E-state index in [0.717, 1.165) is 12.3 Å².